The molecule has 0 aromatic heterocycles. The van der Waals surface area contributed by atoms with Gasteiger partial charge in [0.2, 0.25) is 0 Å². The summed E-state index contributed by atoms with van der Waals surface area (Å²) in [4.78, 5) is 25.0. The number of esters is 1. The molecular weight excluding hydrogens is 250 g/mol. The van der Waals surface area contributed by atoms with Gasteiger partial charge >= 0.3 is 5.97 Å². The molecule has 0 radical (unpaired) electrons. The van der Waals surface area contributed by atoms with Crippen LogP contribution in [0, 0.1) is 0 Å². The predicted molar refractivity (Wildman–Crippen MR) is 67.4 cm³/mol. The third kappa shape index (κ3) is 4.22. The van der Waals surface area contributed by atoms with Crippen molar-refractivity contribution in [2.75, 3.05) is 0 Å². The maximum absolute atomic E-state index is 11.2. The monoisotopic (exact) mass is 269 g/mol. The van der Waals surface area contributed by atoms with Gasteiger partial charge in [-0.3, -0.25) is 4.79 Å². The number of aldehydes is 1. The minimum absolute atomic E-state index is 0.0799. The molecule has 0 aromatic rings. The van der Waals surface area contributed by atoms with Gasteiger partial charge in [-0.25, -0.2) is 0 Å². The van der Waals surface area contributed by atoms with Crippen molar-refractivity contribution in [3.8, 4) is 0 Å². The van der Waals surface area contributed by atoms with E-state index >= 15 is 0 Å². The molecule has 1 aliphatic rings. The molecule has 0 N–H and O–H groups in total. The molecule has 19 heavy (non-hydrogen) atoms. The standard InChI is InChI=1S/C12H19N3O4/c1-3-8(4-2)18-10(7-16)12(14-15-13)9-5-6-11(17)19-9/h7-10,12H,3-6H2,1-2H3/t9-,10-,12-/m1/s1. The lowest BCUT2D eigenvalue weighted by molar-refractivity contribution is -0.145. The van der Waals surface area contributed by atoms with Crippen molar-refractivity contribution in [2.24, 2.45) is 5.11 Å². The average Bonchev–Trinajstić information content (AvgIpc) is 2.85. The van der Waals surface area contributed by atoms with E-state index in [1.54, 1.807) is 0 Å². The Kier molecular flexibility index (Phi) is 6.32. The first-order valence-corrected chi connectivity index (χ1v) is 6.50. The first-order chi connectivity index (χ1) is 9.15. The summed E-state index contributed by atoms with van der Waals surface area (Å²) in [5.74, 6) is -0.338. The van der Waals surface area contributed by atoms with Crippen molar-refractivity contribution in [1.29, 1.82) is 0 Å². The van der Waals surface area contributed by atoms with E-state index < -0.39 is 18.2 Å². The van der Waals surface area contributed by atoms with Crippen LogP contribution in [-0.2, 0) is 19.1 Å². The normalized spacial score (nSPS) is 21.6. The molecule has 1 heterocycles. The molecule has 3 atom stereocenters. The highest BCUT2D eigenvalue weighted by molar-refractivity contribution is 5.71. The van der Waals surface area contributed by atoms with Crippen molar-refractivity contribution in [3.63, 3.8) is 0 Å². The van der Waals surface area contributed by atoms with Crippen LogP contribution in [0.5, 0.6) is 0 Å². The summed E-state index contributed by atoms with van der Waals surface area (Å²) in [5, 5.41) is 3.58. The van der Waals surface area contributed by atoms with Crippen LogP contribution in [0.3, 0.4) is 0 Å². The maximum atomic E-state index is 11.2. The molecular formula is C12H19N3O4. The number of nitrogens with zero attached hydrogens (tertiary/aromatic N) is 3. The molecule has 0 amide bonds. The molecule has 0 aromatic carbocycles. The first-order valence-electron chi connectivity index (χ1n) is 6.50. The molecule has 1 aliphatic heterocycles. The lowest BCUT2D eigenvalue weighted by Gasteiger charge is -2.26. The Morgan fingerprint density at radius 3 is 2.68 bits per heavy atom. The highest BCUT2D eigenvalue weighted by Crippen LogP contribution is 2.23. The first kappa shape index (κ1) is 15.5. The average molecular weight is 269 g/mol. The summed E-state index contributed by atoms with van der Waals surface area (Å²) < 4.78 is 10.7. The molecule has 0 aliphatic carbocycles. The highest BCUT2D eigenvalue weighted by atomic mass is 16.6. The van der Waals surface area contributed by atoms with Crippen LogP contribution >= 0.6 is 0 Å². The van der Waals surface area contributed by atoms with Gasteiger partial charge in [-0.2, -0.15) is 0 Å². The zero-order valence-electron chi connectivity index (χ0n) is 11.2. The Morgan fingerprint density at radius 1 is 1.58 bits per heavy atom. The fourth-order valence-corrected chi connectivity index (χ4v) is 2.09. The van der Waals surface area contributed by atoms with Gasteiger partial charge in [0.1, 0.15) is 24.5 Å². The summed E-state index contributed by atoms with van der Waals surface area (Å²) in [6.45, 7) is 3.91. The molecule has 1 saturated heterocycles. The summed E-state index contributed by atoms with van der Waals surface area (Å²) in [6.07, 6.45) is 1.32. The number of ether oxygens (including phenoxy) is 2. The molecule has 7 nitrogen and oxygen atoms in total. The highest BCUT2D eigenvalue weighted by Gasteiger charge is 2.37. The van der Waals surface area contributed by atoms with Crippen molar-refractivity contribution < 1.29 is 19.1 Å². The molecule has 0 saturated carbocycles. The van der Waals surface area contributed by atoms with Crippen molar-refractivity contribution >= 4 is 12.3 Å². The van der Waals surface area contributed by atoms with E-state index in [2.05, 4.69) is 10.0 Å². The molecule has 7 heteroatoms. The summed E-state index contributed by atoms with van der Waals surface area (Å²) in [5.41, 5.74) is 8.60. The molecule has 1 rings (SSSR count). The predicted octanol–water partition coefficient (Wildman–Crippen LogP) is 2.14. The third-order valence-corrected chi connectivity index (χ3v) is 3.21. The van der Waals surface area contributed by atoms with Gasteiger partial charge in [0, 0.05) is 11.3 Å². The fourth-order valence-electron chi connectivity index (χ4n) is 2.09. The second-order valence-corrected chi connectivity index (χ2v) is 4.44. The van der Waals surface area contributed by atoms with Crippen molar-refractivity contribution in [2.45, 2.75) is 63.9 Å². The minimum Gasteiger partial charge on any atom is -0.462 e. The van der Waals surface area contributed by atoms with Crippen LogP contribution in [0.2, 0.25) is 0 Å². The largest absolute Gasteiger partial charge is 0.462 e. The number of carbonyl (C=O) groups excluding carboxylic acids is 2. The van der Waals surface area contributed by atoms with Crippen LogP contribution in [0.15, 0.2) is 5.11 Å². The van der Waals surface area contributed by atoms with Gasteiger partial charge < -0.3 is 14.3 Å². The number of rotatable bonds is 8. The van der Waals surface area contributed by atoms with Crippen LogP contribution in [-0.4, -0.2) is 36.6 Å². The lowest BCUT2D eigenvalue weighted by atomic mass is 10.0. The number of cyclic esters (lactones) is 1. The van der Waals surface area contributed by atoms with E-state index in [0.29, 0.717) is 12.7 Å². The van der Waals surface area contributed by atoms with Gasteiger partial charge in [0.05, 0.1) is 6.10 Å². The van der Waals surface area contributed by atoms with E-state index in [0.717, 1.165) is 12.8 Å². The fraction of sp³-hybridized carbons (Fsp3) is 0.833. The smallest absolute Gasteiger partial charge is 0.306 e. The molecule has 1 fully saturated rings. The van der Waals surface area contributed by atoms with Gasteiger partial charge in [-0.05, 0) is 24.8 Å². The number of azide groups is 1. The van der Waals surface area contributed by atoms with Gasteiger partial charge in [-0.15, -0.1) is 0 Å². The summed E-state index contributed by atoms with van der Waals surface area (Å²) in [6, 6.07) is -0.797. The second kappa shape index (κ2) is 7.76. The van der Waals surface area contributed by atoms with Gasteiger partial charge in [-0.1, -0.05) is 19.0 Å². The van der Waals surface area contributed by atoms with Crippen molar-refractivity contribution in [3.05, 3.63) is 10.4 Å². The van der Waals surface area contributed by atoms with Crippen LogP contribution in [0.25, 0.3) is 10.4 Å². The Hall–Kier alpha value is -1.59. The maximum Gasteiger partial charge on any atom is 0.306 e. The van der Waals surface area contributed by atoms with E-state index in [4.69, 9.17) is 15.0 Å². The van der Waals surface area contributed by atoms with E-state index in [-0.39, 0.29) is 18.5 Å². The zero-order valence-corrected chi connectivity index (χ0v) is 11.2. The number of hydrogen-bond acceptors (Lipinski definition) is 5. The van der Waals surface area contributed by atoms with E-state index in [9.17, 15) is 9.59 Å². The Balaban J connectivity index is 2.79. The van der Waals surface area contributed by atoms with Crippen LogP contribution in [0.1, 0.15) is 39.5 Å². The summed E-state index contributed by atoms with van der Waals surface area (Å²) in [7, 11) is 0. The Morgan fingerprint density at radius 2 is 2.26 bits per heavy atom. The quantitative estimate of drug-likeness (QED) is 0.221. The SMILES string of the molecule is CCC(CC)O[C@H](C=O)[C@H](N=[N+]=[N-])[C@H]1CCC(=O)O1. The lowest BCUT2D eigenvalue weighted by Crippen LogP contribution is -2.40. The Bertz CT molecular complexity index is 364. The summed E-state index contributed by atoms with van der Waals surface area (Å²) >= 11 is 0. The van der Waals surface area contributed by atoms with Crippen LogP contribution in [0.4, 0.5) is 0 Å². The van der Waals surface area contributed by atoms with Gasteiger partial charge in [0.15, 0.2) is 0 Å². The molecule has 106 valence electrons. The zero-order chi connectivity index (χ0) is 14.3. The third-order valence-electron chi connectivity index (χ3n) is 3.21. The number of carbonyl (C=O) groups is 2. The van der Waals surface area contributed by atoms with E-state index in [1.165, 1.54) is 0 Å². The van der Waals surface area contributed by atoms with Gasteiger partial charge in [0.25, 0.3) is 0 Å². The number of hydrogen-bond donors (Lipinski definition) is 0. The topological polar surface area (TPSA) is 101 Å². The molecule has 0 bridgehead atoms. The molecule has 0 unspecified atom stereocenters. The second-order valence-electron chi connectivity index (χ2n) is 4.44. The minimum atomic E-state index is -0.878. The van der Waals surface area contributed by atoms with Crippen LogP contribution < -0.4 is 0 Å². The Labute approximate surface area is 111 Å². The van der Waals surface area contributed by atoms with E-state index in [1.807, 2.05) is 13.8 Å². The molecule has 0 spiro atoms. The van der Waals surface area contributed by atoms with Crippen molar-refractivity contribution in [1.82, 2.24) is 0 Å².